The van der Waals surface area contributed by atoms with Crippen molar-refractivity contribution in [1.29, 1.82) is 0 Å². The highest BCUT2D eigenvalue weighted by atomic mass is 35.5. The number of aromatic nitrogens is 2. The van der Waals surface area contributed by atoms with Crippen LogP contribution in [0.4, 0.5) is 5.69 Å². The minimum Gasteiger partial charge on any atom is -0.493 e. The quantitative estimate of drug-likeness (QED) is 0.475. The van der Waals surface area contributed by atoms with Crippen molar-refractivity contribution in [3.8, 4) is 22.9 Å². The van der Waals surface area contributed by atoms with Gasteiger partial charge in [0.25, 0.3) is 0 Å². The molecule has 0 radical (unpaired) electrons. The van der Waals surface area contributed by atoms with Crippen molar-refractivity contribution in [2.75, 3.05) is 19.5 Å². The third-order valence-electron chi connectivity index (χ3n) is 4.75. The molecule has 0 saturated carbocycles. The van der Waals surface area contributed by atoms with Gasteiger partial charge >= 0.3 is 0 Å². The summed E-state index contributed by atoms with van der Waals surface area (Å²) in [6.45, 7) is 0.0788. The van der Waals surface area contributed by atoms with Gasteiger partial charge < -0.3 is 19.4 Å². The predicted molar refractivity (Wildman–Crippen MR) is 118 cm³/mol. The molecular formula is C23H20ClN3O3. The molecule has 152 valence electrons. The molecule has 0 aliphatic carbocycles. The molecule has 1 N–H and O–H groups in total. The first kappa shape index (κ1) is 19.8. The molecule has 30 heavy (non-hydrogen) atoms. The van der Waals surface area contributed by atoms with Crippen LogP contribution in [0.2, 0.25) is 5.02 Å². The number of hydrogen-bond donors (Lipinski definition) is 1. The summed E-state index contributed by atoms with van der Waals surface area (Å²) in [6.07, 6.45) is 0. The second-order valence-electron chi connectivity index (χ2n) is 6.61. The Morgan fingerprint density at radius 2 is 1.73 bits per heavy atom. The normalized spacial score (nSPS) is 10.8. The summed E-state index contributed by atoms with van der Waals surface area (Å²) in [6, 6.07) is 20.4. The Bertz CT molecular complexity index is 1220. The van der Waals surface area contributed by atoms with Crippen LogP contribution in [0.25, 0.3) is 22.4 Å². The summed E-state index contributed by atoms with van der Waals surface area (Å²) < 4.78 is 12.6. The van der Waals surface area contributed by atoms with Gasteiger partial charge in [-0.3, -0.25) is 4.79 Å². The molecular weight excluding hydrogens is 402 g/mol. The lowest BCUT2D eigenvalue weighted by Gasteiger charge is -2.13. The number of nitrogens with zero attached hydrogens (tertiary/aromatic N) is 2. The van der Waals surface area contributed by atoms with Crippen LogP contribution in [0.3, 0.4) is 0 Å². The van der Waals surface area contributed by atoms with Crippen molar-refractivity contribution in [3.63, 3.8) is 0 Å². The molecule has 3 aromatic carbocycles. The monoisotopic (exact) mass is 421 g/mol. The van der Waals surface area contributed by atoms with Gasteiger partial charge in [-0.25, -0.2) is 4.98 Å². The summed E-state index contributed by atoms with van der Waals surface area (Å²) in [7, 11) is 3.17. The second kappa shape index (κ2) is 8.47. The van der Waals surface area contributed by atoms with Crippen molar-refractivity contribution in [2.45, 2.75) is 6.54 Å². The molecule has 1 amide bonds. The summed E-state index contributed by atoms with van der Waals surface area (Å²) >= 11 is 6.17. The molecule has 0 atom stereocenters. The number of methoxy groups -OCH3 is 2. The van der Waals surface area contributed by atoms with Crippen LogP contribution in [0, 0.1) is 0 Å². The summed E-state index contributed by atoms with van der Waals surface area (Å²) in [5.41, 5.74) is 3.04. The van der Waals surface area contributed by atoms with E-state index in [1.807, 2.05) is 59.2 Å². The number of rotatable bonds is 6. The summed E-state index contributed by atoms with van der Waals surface area (Å²) in [5.74, 6) is 1.67. The third kappa shape index (κ3) is 3.82. The number of amides is 1. The highest BCUT2D eigenvalue weighted by Gasteiger charge is 2.17. The average Bonchev–Trinajstić information content (AvgIpc) is 3.13. The molecule has 7 heteroatoms. The van der Waals surface area contributed by atoms with Crippen LogP contribution >= 0.6 is 11.6 Å². The molecule has 4 rings (SSSR count). The molecule has 0 aliphatic heterocycles. The molecule has 6 nitrogen and oxygen atoms in total. The number of carbonyl (C=O) groups is 1. The second-order valence-corrected chi connectivity index (χ2v) is 7.02. The Kier molecular flexibility index (Phi) is 5.59. The fraction of sp³-hybridized carbons (Fsp3) is 0.130. The van der Waals surface area contributed by atoms with Crippen LogP contribution in [0.1, 0.15) is 0 Å². The number of benzene rings is 3. The number of para-hydroxylation sites is 3. The van der Waals surface area contributed by atoms with Crippen LogP contribution in [0.15, 0.2) is 66.7 Å². The number of carbonyl (C=O) groups excluding carboxylic acids is 1. The van der Waals surface area contributed by atoms with Crippen molar-refractivity contribution in [1.82, 2.24) is 9.55 Å². The van der Waals surface area contributed by atoms with Crippen LogP contribution in [-0.4, -0.2) is 29.7 Å². The molecule has 0 saturated heterocycles. The molecule has 4 aromatic rings. The molecule has 0 spiro atoms. The number of imidazole rings is 1. The van der Waals surface area contributed by atoms with Gasteiger partial charge in [-0.2, -0.15) is 0 Å². The molecule has 0 bridgehead atoms. The fourth-order valence-corrected chi connectivity index (χ4v) is 3.51. The zero-order valence-electron chi connectivity index (χ0n) is 16.6. The number of nitrogens with one attached hydrogen (secondary N) is 1. The van der Waals surface area contributed by atoms with Gasteiger partial charge in [-0.05, 0) is 42.5 Å². The molecule has 0 unspecified atom stereocenters. The standard InChI is InChI=1S/C23H20ClN3O3/c1-29-20-12-11-15(13-21(20)30-2)23-26-18-9-5-6-10-19(18)27(23)14-22(28)25-17-8-4-3-7-16(17)24/h3-13H,14H2,1-2H3,(H,25,28). The van der Waals surface area contributed by atoms with Gasteiger partial charge in [0, 0.05) is 5.56 Å². The van der Waals surface area contributed by atoms with Crippen molar-refractivity contribution < 1.29 is 14.3 Å². The number of hydrogen-bond acceptors (Lipinski definition) is 4. The predicted octanol–water partition coefficient (Wildman–Crippen LogP) is 5.01. The molecule has 0 fully saturated rings. The largest absolute Gasteiger partial charge is 0.493 e. The van der Waals surface area contributed by atoms with Gasteiger partial charge in [0.15, 0.2) is 11.5 Å². The van der Waals surface area contributed by atoms with E-state index in [4.69, 9.17) is 26.1 Å². The Morgan fingerprint density at radius 1 is 1.00 bits per heavy atom. The topological polar surface area (TPSA) is 65.4 Å². The Balaban J connectivity index is 1.74. The van der Waals surface area contributed by atoms with Crippen molar-refractivity contribution >= 4 is 34.2 Å². The van der Waals surface area contributed by atoms with Crippen molar-refractivity contribution in [3.05, 3.63) is 71.8 Å². The molecule has 1 heterocycles. The van der Waals surface area contributed by atoms with Crippen LogP contribution in [-0.2, 0) is 11.3 Å². The van der Waals surface area contributed by atoms with Crippen LogP contribution < -0.4 is 14.8 Å². The van der Waals surface area contributed by atoms with Gasteiger partial charge in [0.2, 0.25) is 5.91 Å². The lowest BCUT2D eigenvalue weighted by molar-refractivity contribution is -0.116. The first-order valence-corrected chi connectivity index (χ1v) is 9.70. The maximum Gasteiger partial charge on any atom is 0.244 e. The van der Waals surface area contributed by atoms with E-state index in [1.54, 1.807) is 26.4 Å². The van der Waals surface area contributed by atoms with E-state index in [0.717, 1.165) is 16.6 Å². The summed E-state index contributed by atoms with van der Waals surface area (Å²) in [5, 5.41) is 3.36. The minimum atomic E-state index is -0.201. The van der Waals surface area contributed by atoms with E-state index in [9.17, 15) is 4.79 Å². The van der Waals surface area contributed by atoms with E-state index in [0.29, 0.717) is 28.0 Å². The third-order valence-corrected chi connectivity index (χ3v) is 5.08. The van der Waals surface area contributed by atoms with Crippen LogP contribution in [0.5, 0.6) is 11.5 Å². The lowest BCUT2D eigenvalue weighted by atomic mass is 10.2. The Labute approximate surface area is 179 Å². The first-order chi connectivity index (χ1) is 14.6. The fourth-order valence-electron chi connectivity index (χ4n) is 3.33. The zero-order valence-corrected chi connectivity index (χ0v) is 17.3. The first-order valence-electron chi connectivity index (χ1n) is 9.32. The van der Waals surface area contributed by atoms with E-state index in [-0.39, 0.29) is 12.5 Å². The average molecular weight is 422 g/mol. The highest BCUT2D eigenvalue weighted by Crippen LogP contribution is 2.33. The Morgan fingerprint density at radius 3 is 2.50 bits per heavy atom. The van der Waals surface area contributed by atoms with E-state index < -0.39 is 0 Å². The van der Waals surface area contributed by atoms with Gasteiger partial charge in [-0.15, -0.1) is 0 Å². The number of halogens is 1. The zero-order chi connectivity index (χ0) is 21.1. The maximum atomic E-state index is 12.8. The number of fused-ring (bicyclic) bond motifs is 1. The van der Waals surface area contributed by atoms with Gasteiger partial charge in [0.1, 0.15) is 12.4 Å². The van der Waals surface area contributed by atoms with Gasteiger partial charge in [-0.1, -0.05) is 35.9 Å². The molecule has 1 aromatic heterocycles. The maximum absolute atomic E-state index is 12.8. The van der Waals surface area contributed by atoms with E-state index in [2.05, 4.69) is 5.32 Å². The number of anilines is 1. The minimum absolute atomic E-state index is 0.0788. The van der Waals surface area contributed by atoms with E-state index in [1.165, 1.54) is 0 Å². The van der Waals surface area contributed by atoms with Gasteiger partial charge in [0.05, 0.1) is 36.0 Å². The highest BCUT2D eigenvalue weighted by molar-refractivity contribution is 6.33. The number of ether oxygens (including phenoxy) is 2. The SMILES string of the molecule is COc1ccc(-c2nc3ccccc3n2CC(=O)Nc2ccccc2Cl)cc1OC. The van der Waals surface area contributed by atoms with E-state index >= 15 is 0 Å². The Hall–Kier alpha value is -3.51. The summed E-state index contributed by atoms with van der Waals surface area (Å²) in [4.78, 5) is 17.6. The smallest absolute Gasteiger partial charge is 0.244 e. The van der Waals surface area contributed by atoms with Crippen molar-refractivity contribution in [2.24, 2.45) is 0 Å². The molecule has 0 aliphatic rings. The lowest BCUT2D eigenvalue weighted by Crippen LogP contribution is -2.19.